The number of nitrogens with one attached hydrogen (secondary N) is 2. The van der Waals surface area contributed by atoms with E-state index in [2.05, 4.69) is 10.0 Å². The third-order valence-electron chi connectivity index (χ3n) is 2.01. The first-order valence-electron chi connectivity index (χ1n) is 4.96. The summed E-state index contributed by atoms with van der Waals surface area (Å²) in [6.45, 7) is 1.45. The molecule has 1 aromatic carbocycles. The fraction of sp³-hybridized carbons (Fsp3) is 0.300. The molecule has 0 heterocycles. The molecule has 0 radical (unpaired) electrons. The van der Waals surface area contributed by atoms with E-state index < -0.39 is 22.0 Å². The monoisotopic (exact) mass is 292 g/mol. The van der Waals surface area contributed by atoms with Crippen LogP contribution in [0.4, 0.5) is 11.4 Å². The van der Waals surface area contributed by atoms with Crippen LogP contribution in [0.3, 0.4) is 0 Å². The number of hydrogen-bond donors (Lipinski definition) is 3. The zero-order chi connectivity index (χ0) is 13.9. The molecule has 0 aromatic heterocycles. The lowest BCUT2D eigenvalue weighted by molar-refractivity contribution is -0.137. The van der Waals surface area contributed by atoms with Crippen molar-refractivity contribution >= 4 is 39.0 Å². The van der Waals surface area contributed by atoms with Gasteiger partial charge in [0.15, 0.2) is 0 Å². The van der Waals surface area contributed by atoms with Crippen molar-refractivity contribution < 1.29 is 18.3 Å². The molecule has 0 saturated heterocycles. The van der Waals surface area contributed by atoms with Gasteiger partial charge in [-0.1, -0.05) is 11.6 Å². The van der Waals surface area contributed by atoms with Gasteiger partial charge in [-0.25, -0.2) is 8.42 Å². The van der Waals surface area contributed by atoms with Gasteiger partial charge >= 0.3 is 5.97 Å². The standard InChI is InChI=1S/C10H13ClN2O4S/c1-6(10(14)15)12-9-5-7(3-4-8(9)11)13-18(2,16)17/h3-6,12-13H,1-2H3,(H,14,15). The molecule has 6 nitrogen and oxygen atoms in total. The molecule has 1 atom stereocenters. The van der Waals surface area contributed by atoms with Crippen LogP contribution in [-0.4, -0.2) is 31.8 Å². The minimum atomic E-state index is -3.39. The zero-order valence-electron chi connectivity index (χ0n) is 9.77. The summed E-state index contributed by atoms with van der Waals surface area (Å²) in [4.78, 5) is 10.7. The average molecular weight is 293 g/mol. The molecule has 0 spiro atoms. The lowest BCUT2D eigenvalue weighted by atomic mass is 10.2. The first-order valence-corrected chi connectivity index (χ1v) is 7.22. The quantitative estimate of drug-likeness (QED) is 0.766. The van der Waals surface area contributed by atoms with Crippen molar-refractivity contribution in [2.75, 3.05) is 16.3 Å². The molecule has 18 heavy (non-hydrogen) atoms. The van der Waals surface area contributed by atoms with Crippen LogP contribution >= 0.6 is 11.6 Å². The van der Waals surface area contributed by atoms with Gasteiger partial charge in [-0.3, -0.25) is 9.52 Å². The summed E-state index contributed by atoms with van der Waals surface area (Å²) in [7, 11) is -3.39. The number of sulfonamides is 1. The predicted molar refractivity (Wildman–Crippen MR) is 70.6 cm³/mol. The zero-order valence-corrected chi connectivity index (χ0v) is 11.3. The second kappa shape index (κ2) is 5.45. The van der Waals surface area contributed by atoms with Crippen LogP contribution in [0.5, 0.6) is 0 Å². The first kappa shape index (κ1) is 14.6. The van der Waals surface area contributed by atoms with Crippen molar-refractivity contribution in [1.29, 1.82) is 0 Å². The number of rotatable bonds is 5. The van der Waals surface area contributed by atoms with Crippen molar-refractivity contribution in [3.63, 3.8) is 0 Å². The Bertz CT molecular complexity index is 559. The summed E-state index contributed by atoms with van der Waals surface area (Å²) in [5, 5.41) is 11.7. The maximum Gasteiger partial charge on any atom is 0.325 e. The summed E-state index contributed by atoms with van der Waals surface area (Å²) in [6.07, 6.45) is 1.02. The normalized spacial score (nSPS) is 12.8. The van der Waals surface area contributed by atoms with Crippen molar-refractivity contribution in [2.45, 2.75) is 13.0 Å². The van der Waals surface area contributed by atoms with Crippen LogP contribution in [0, 0.1) is 0 Å². The highest BCUT2D eigenvalue weighted by molar-refractivity contribution is 7.92. The number of anilines is 2. The van der Waals surface area contributed by atoms with Crippen LogP contribution in [0.25, 0.3) is 0 Å². The third-order valence-corrected chi connectivity index (χ3v) is 2.95. The molecule has 0 bridgehead atoms. The first-order chi connectivity index (χ1) is 8.19. The van der Waals surface area contributed by atoms with Crippen molar-refractivity contribution in [3.05, 3.63) is 23.2 Å². The van der Waals surface area contributed by atoms with Gasteiger partial charge in [0.1, 0.15) is 6.04 Å². The topological polar surface area (TPSA) is 95.5 Å². The second-order valence-corrected chi connectivity index (χ2v) is 5.93. The van der Waals surface area contributed by atoms with Gasteiger partial charge in [0.05, 0.1) is 22.7 Å². The molecule has 0 aliphatic carbocycles. The van der Waals surface area contributed by atoms with Crippen molar-refractivity contribution in [2.24, 2.45) is 0 Å². The molecule has 0 aliphatic rings. The van der Waals surface area contributed by atoms with Crippen molar-refractivity contribution in [1.82, 2.24) is 0 Å². The number of carbonyl (C=O) groups is 1. The van der Waals surface area contributed by atoms with E-state index in [1.165, 1.54) is 25.1 Å². The summed E-state index contributed by atoms with van der Waals surface area (Å²) >= 11 is 5.88. The van der Waals surface area contributed by atoms with E-state index in [1.807, 2.05) is 0 Å². The van der Waals surface area contributed by atoms with Crippen LogP contribution in [0.2, 0.25) is 5.02 Å². The summed E-state index contributed by atoms with van der Waals surface area (Å²) in [5.41, 5.74) is 0.655. The molecule has 3 N–H and O–H groups in total. The van der Waals surface area contributed by atoms with Crippen LogP contribution in [-0.2, 0) is 14.8 Å². The van der Waals surface area contributed by atoms with Gasteiger partial charge in [0.2, 0.25) is 10.0 Å². The molecule has 0 amide bonds. The molecule has 1 rings (SSSR count). The minimum Gasteiger partial charge on any atom is -0.480 e. The van der Waals surface area contributed by atoms with Crippen LogP contribution in [0.15, 0.2) is 18.2 Å². The Morgan fingerprint density at radius 1 is 1.44 bits per heavy atom. The number of aliphatic carboxylic acids is 1. The van der Waals surface area contributed by atoms with Gasteiger partial charge in [0.25, 0.3) is 0 Å². The van der Waals surface area contributed by atoms with E-state index in [1.54, 1.807) is 0 Å². The smallest absolute Gasteiger partial charge is 0.325 e. The van der Waals surface area contributed by atoms with Crippen LogP contribution < -0.4 is 10.0 Å². The van der Waals surface area contributed by atoms with Crippen molar-refractivity contribution in [3.8, 4) is 0 Å². The molecule has 0 saturated carbocycles. The lowest BCUT2D eigenvalue weighted by Crippen LogP contribution is -2.25. The van der Waals surface area contributed by atoms with E-state index in [0.717, 1.165) is 6.26 Å². The van der Waals surface area contributed by atoms with Gasteiger partial charge in [-0.2, -0.15) is 0 Å². The van der Waals surface area contributed by atoms with E-state index >= 15 is 0 Å². The molecule has 0 fully saturated rings. The molecule has 8 heteroatoms. The number of carboxylic acid groups (broad SMARTS) is 1. The fourth-order valence-corrected chi connectivity index (χ4v) is 1.94. The Morgan fingerprint density at radius 3 is 2.56 bits per heavy atom. The van der Waals surface area contributed by atoms with E-state index in [0.29, 0.717) is 16.4 Å². The average Bonchev–Trinajstić information content (AvgIpc) is 2.20. The highest BCUT2D eigenvalue weighted by Gasteiger charge is 2.13. The Hall–Kier alpha value is -1.47. The predicted octanol–water partition coefficient (Wildman–Crippen LogP) is 1.60. The largest absolute Gasteiger partial charge is 0.480 e. The maximum atomic E-state index is 11.1. The molecule has 1 aromatic rings. The molecular weight excluding hydrogens is 280 g/mol. The summed E-state index contributed by atoms with van der Waals surface area (Å²) in [6, 6.07) is 3.56. The highest BCUT2D eigenvalue weighted by atomic mass is 35.5. The Balaban J connectivity index is 2.98. The summed E-state index contributed by atoms with van der Waals surface area (Å²) in [5.74, 6) is -1.03. The van der Waals surface area contributed by atoms with Gasteiger partial charge in [-0.05, 0) is 25.1 Å². The van der Waals surface area contributed by atoms with Crippen LogP contribution in [0.1, 0.15) is 6.92 Å². The number of hydrogen-bond acceptors (Lipinski definition) is 4. The van der Waals surface area contributed by atoms with Gasteiger partial charge in [-0.15, -0.1) is 0 Å². The van der Waals surface area contributed by atoms with Gasteiger partial charge in [0, 0.05) is 0 Å². The lowest BCUT2D eigenvalue weighted by Gasteiger charge is -2.14. The van der Waals surface area contributed by atoms with Gasteiger partial charge < -0.3 is 10.4 Å². The fourth-order valence-electron chi connectivity index (χ4n) is 1.21. The molecule has 100 valence electrons. The van der Waals surface area contributed by atoms with E-state index in [-0.39, 0.29) is 0 Å². The summed E-state index contributed by atoms with van der Waals surface area (Å²) < 4.78 is 24.4. The molecule has 0 aliphatic heterocycles. The number of carboxylic acids is 1. The molecular formula is C10H13ClN2O4S. The number of halogens is 1. The van der Waals surface area contributed by atoms with E-state index in [9.17, 15) is 13.2 Å². The number of benzene rings is 1. The Labute approximate surface area is 110 Å². The Morgan fingerprint density at radius 2 is 2.06 bits per heavy atom. The van der Waals surface area contributed by atoms with E-state index in [4.69, 9.17) is 16.7 Å². The minimum absolute atomic E-state index is 0.307. The molecule has 1 unspecified atom stereocenters. The SMILES string of the molecule is CC(Nc1cc(NS(C)(=O)=O)ccc1Cl)C(=O)O. The maximum absolute atomic E-state index is 11.1. The Kier molecular flexibility index (Phi) is 4.42. The third kappa shape index (κ3) is 4.42. The highest BCUT2D eigenvalue weighted by Crippen LogP contribution is 2.26. The second-order valence-electron chi connectivity index (χ2n) is 3.77.